The van der Waals surface area contributed by atoms with Gasteiger partial charge >= 0.3 is 0 Å². The van der Waals surface area contributed by atoms with Gasteiger partial charge in [0.05, 0.1) is 18.0 Å². The molecule has 0 spiro atoms. The van der Waals surface area contributed by atoms with Crippen molar-refractivity contribution in [2.45, 2.75) is 26.1 Å². The summed E-state index contributed by atoms with van der Waals surface area (Å²) in [4.78, 5) is 11.6. The van der Waals surface area contributed by atoms with Gasteiger partial charge in [-0.2, -0.15) is 5.10 Å². The lowest BCUT2D eigenvalue weighted by molar-refractivity contribution is 0.543. The van der Waals surface area contributed by atoms with Crippen LogP contribution in [0.2, 0.25) is 0 Å². The minimum Gasteiger partial charge on any atom is -0.268 e. The highest BCUT2D eigenvalue weighted by Crippen LogP contribution is 2.06. The number of benzene rings is 1. The Balaban J connectivity index is 1.94. The van der Waals surface area contributed by atoms with Crippen molar-refractivity contribution in [2.24, 2.45) is 0 Å². The molecule has 0 atom stereocenters. The maximum Gasteiger partial charge on any atom is 0.266 e. The lowest BCUT2D eigenvalue weighted by atomic mass is 10.2. The van der Waals surface area contributed by atoms with Gasteiger partial charge in [-0.3, -0.25) is 4.79 Å². The van der Waals surface area contributed by atoms with E-state index in [1.165, 1.54) is 10.7 Å². The van der Waals surface area contributed by atoms with Crippen LogP contribution in [0.25, 0.3) is 0 Å². The van der Waals surface area contributed by atoms with Crippen LogP contribution in [0.15, 0.2) is 41.2 Å². The molecule has 1 aromatic carbocycles. The van der Waals surface area contributed by atoms with E-state index in [9.17, 15) is 13.2 Å². The number of hydrogen-bond acceptors (Lipinski definition) is 4. The Morgan fingerprint density at radius 1 is 1.09 bits per heavy atom. The van der Waals surface area contributed by atoms with E-state index >= 15 is 0 Å². The third-order valence-corrected chi connectivity index (χ3v) is 4.48. The van der Waals surface area contributed by atoms with Gasteiger partial charge in [0, 0.05) is 12.6 Å². The standard InChI is InChI=1S/C15H19N3O3S/c1-12-3-6-14(7-4-12)11-22(20,21)16-9-10-18-15(19)8-5-13(2)17-18/h3-8,16H,9-11H2,1-2H3. The Bertz CT molecular complexity index is 796. The van der Waals surface area contributed by atoms with E-state index in [1.54, 1.807) is 25.1 Å². The first kappa shape index (κ1) is 16.4. The fourth-order valence-corrected chi connectivity index (χ4v) is 3.11. The highest BCUT2D eigenvalue weighted by molar-refractivity contribution is 7.88. The van der Waals surface area contributed by atoms with Crippen LogP contribution in [-0.4, -0.2) is 24.7 Å². The molecule has 0 aliphatic heterocycles. The van der Waals surface area contributed by atoms with Gasteiger partial charge in [-0.25, -0.2) is 17.8 Å². The van der Waals surface area contributed by atoms with E-state index in [1.807, 2.05) is 19.1 Å². The fourth-order valence-electron chi connectivity index (χ4n) is 1.97. The maximum absolute atomic E-state index is 12.0. The molecule has 0 fully saturated rings. The largest absolute Gasteiger partial charge is 0.268 e. The van der Waals surface area contributed by atoms with Gasteiger partial charge in [-0.05, 0) is 25.5 Å². The van der Waals surface area contributed by atoms with Crippen LogP contribution in [0, 0.1) is 13.8 Å². The number of aromatic nitrogens is 2. The predicted molar refractivity (Wildman–Crippen MR) is 85.0 cm³/mol. The molecular formula is C15H19N3O3S. The van der Waals surface area contributed by atoms with Gasteiger partial charge < -0.3 is 0 Å². The van der Waals surface area contributed by atoms with Crippen LogP contribution in [-0.2, 0) is 22.3 Å². The minimum absolute atomic E-state index is 0.0799. The third kappa shape index (κ3) is 4.78. The second-order valence-electron chi connectivity index (χ2n) is 5.18. The first-order valence-electron chi connectivity index (χ1n) is 6.93. The molecule has 2 rings (SSSR count). The van der Waals surface area contributed by atoms with E-state index in [0.29, 0.717) is 5.69 Å². The summed E-state index contributed by atoms with van der Waals surface area (Å²) in [5, 5.41) is 4.06. The minimum atomic E-state index is -3.43. The van der Waals surface area contributed by atoms with Gasteiger partial charge in [-0.15, -0.1) is 0 Å². The summed E-state index contributed by atoms with van der Waals surface area (Å²) in [5.74, 6) is -0.0799. The Hall–Kier alpha value is -1.99. The lowest BCUT2D eigenvalue weighted by Gasteiger charge is -2.08. The first-order valence-corrected chi connectivity index (χ1v) is 8.59. The lowest BCUT2D eigenvalue weighted by Crippen LogP contribution is -2.32. The van der Waals surface area contributed by atoms with E-state index < -0.39 is 10.0 Å². The molecule has 0 radical (unpaired) electrons. The third-order valence-electron chi connectivity index (χ3n) is 3.12. The second kappa shape index (κ2) is 6.85. The molecule has 1 N–H and O–H groups in total. The Morgan fingerprint density at radius 3 is 2.45 bits per heavy atom. The van der Waals surface area contributed by atoms with Gasteiger partial charge in [-0.1, -0.05) is 29.8 Å². The summed E-state index contributed by atoms with van der Waals surface area (Å²) < 4.78 is 27.8. The number of aryl methyl sites for hydroxylation is 2. The molecule has 6 nitrogen and oxygen atoms in total. The molecule has 0 aliphatic carbocycles. The van der Waals surface area contributed by atoms with E-state index in [4.69, 9.17) is 0 Å². The van der Waals surface area contributed by atoms with Gasteiger partial charge in [0.25, 0.3) is 5.56 Å². The molecule has 0 saturated carbocycles. The SMILES string of the molecule is Cc1ccc(CS(=O)(=O)NCCn2nc(C)ccc2=O)cc1. The monoisotopic (exact) mass is 321 g/mol. The highest BCUT2D eigenvalue weighted by atomic mass is 32.2. The second-order valence-corrected chi connectivity index (χ2v) is 6.98. The van der Waals surface area contributed by atoms with Crippen molar-refractivity contribution in [3.8, 4) is 0 Å². The topological polar surface area (TPSA) is 81.1 Å². The molecule has 0 unspecified atom stereocenters. The van der Waals surface area contributed by atoms with Gasteiger partial charge in [0.15, 0.2) is 0 Å². The number of rotatable bonds is 6. The van der Waals surface area contributed by atoms with Crippen molar-refractivity contribution in [3.05, 3.63) is 63.6 Å². The molecule has 0 amide bonds. The molecule has 7 heteroatoms. The number of nitrogens with zero attached hydrogens (tertiary/aromatic N) is 2. The van der Waals surface area contributed by atoms with Crippen molar-refractivity contribution in [3.63, 3.8) is 0 Å². The number of nitrogens with one attached hydrogen (secondary N) is 1. The van der Waals surface area contributed by atoms with Crippen molar-refractivity contribution in [1.29, 1.82) is 0 Å². The average Bonchev–Trinajstić information content (AvgIpc) is 2.45. The highest BCUT2D eigenvalue weighted by Gasteiger charge is 2.11. The van der Waals surface area contributed by atoms with Crippen molar-refractivity contribution in [2.75, 3.05) is 6.54 Å². The van der Waals surface area contributed by atoms with E-state index in [2.05, 4.69) is 9.82 Å². The maximum atomic E-state index is 12.0. The molecule has 0 saturated heterocycles. The van der Waals surface area contributed by atoms with Gasteiger partial charge in [0.2, 0.25) is 10.0 Å². The average molecular weight is 321 g/mol. The molecule has 118 valence electrons. The molecule has 22 heavy (non-hydrogen) atoms. The Kier molecular flexibility index (Phi) is 5.10. The summed E-state index contributed by atoms with van der Waals surface area (Å²) in [7, 11) is -3.43. The van der Waals surface area contributed by atoms with Crippen molar-refractivity contribution in [1.82, 2.24) is 14.5 Å². The van der Waals surface area contributed by atoms with E-state index in [-0.39, 0.29) is 24.4 Å². The zero-order valence-corrected chi connectivity index (χ0v) is 13.4. The van der Waals surface area contributed by atoms with Gasteiger partial charge in [0.1, 0.15) is 0 Å². The van der Waals surface area contributed by atoms with Crippen LogP contribution in [0.3, 0.4) is 0 Å². The summed E-state index contributed by atoms with van der Waals surface area (Å²) in [5.41, 5.74) is 2.27. The zero-order chi connectivity index (χ0) is 16.2. The molecule has 1 aromatic heterocycles. The molecule has 2 aromatic rings. The Labute approximate surface area is 129 Å². The normalized spacial score (nSPS) is 11.5. The summed E-state index contributed by atoms with van der Waals surface area (Å²) in [6, 6.07) is 10.4. The summed E-state index contributed by atoms with van der Waals surface area (Å²) >= 11 is 0. The van der Waals surface area contributed by atoms with Crippen LogP contribution >= 0.6 is 0 Å². The Morgan fingerprint density at radius 2 is 1.77 bits per heavy atom. The van der Waals surface area contributed by atoms with Crippen LogP contribution in [0.4, 0.5) is 0 Å². The smallest absolute Gasteiger partial charge is 0.266 e. The van der Waals surface area contributed by atoms with Crippen LogP contribution in [0.1, 0.15) is 16.8 Å². The zero-order valence-electron chi connectivity index (χ0n) is 12.6. The predicted octanol–water partition coefficient (Wildman–Crippen LogP) is 0.980. The van der Waals surface area contributed by atoms with Crippen molar-refractivity contribution < 1.29 is 8.42 Å². The van der Waals surface area contributed by atoms with Crippen LogP contribution < -0.4 is 10.3 Å². The molecule has 0 bridgehead atoms. The van der Waals surface area contributed by atoms with Crippen LogP contribution in [0.5, 0.6) is 0 Å². The molecule has 0 aliphatic rings. The first-order chi connectivity index (χ1) is 10.4. The quantitative estimate of drug-likeness (QED) is 0.860. The molecule has 1 heterocycles. The summed E-state index contributed by atoms with van der Waals surface area (Å²) in [6.45, 7) is 4.05. The number of hydrogen-bond donors (Lipinski definition) is 1. The number of sulfonamides is 1. The van der Waals surface area contributed by atoms with E-state index in [0.717, 1.165) is 11.1 Å². The fraction of sp³-hybridized carbons (Fsp3) is 0.333. The van der Waals surface area contributed by atoms with Crippen molar-refractivity contribution >= 4 is 10.0 Å². The molecular weight excluding hydrogens is 302 g/mol. The summed E-state index contributed by atoms with van der Waals surface area (Å²) in [6.07, 6.45) is 0.